The van der Waals surface area contributed by atoms with Gasteiger partial charge < -0.3 is 4.90 Å². The molecule has 0 saturated carbocycles. The molecule has 1 saturated heterocycles. The number of alkyl halides is 2. The lowest BCUT2D eigenvalue weighted by Gasteiger charge is -2.18. The van der Waals surface area contributed by atoms with E-state index in [1.165, 1.54) is 23.1 Å². The number of benzene rings is 1. The van der Waals surface area contributed by atoms with Crippen molar-refractivity contribution in [2.75, 3.05) is 18.0 Å². The average Bonchev–Trinajstić information content (AvgIpc) is 2.51. The van der Waals surface area contributed by atoms with Crippen molar-refractivity contribution in [3.63, 3.8) is 0 Å². The summed E-state index contributed by atoms with van der Waals surface area (Å²) in [4.78, 5) is 1.51. The standard InChI is InChI=1S/C10H9ClF3N/c11-8-5-7(1-2-9(8)12)15-4-3-10(13,14)6-15/h1-2,5H,3-4,6H2. The SMILES string of the molecule is Fc1ccc(N2CCC(F)(F)C2)cc1Cl. The lowest BCUT2D eigenvalue weighted by molar-refractivity contribution is 0.0257. The van der Waals surface area contributed by atoms with Gasteiger partial charge in [-0.2, -0.15) is 0 Å². The molecule has 1 fully saturated rings. The molecule has 0 bridgehead atoms. The summed E-state index contributed by atoms with van der Waals surface area (Å²) in [6, 6.07) is 4.02. The van der Waals surface area contributed by atoms with Crippen LogP contribution in [0.3, 0.4) is 0 Å². The first kappa shape index (κ1) is 10.6. The molecule has 0 radical (unpaired) electrons. The summed E-state index contributed by atoms with van der Waals surface area (Å²) >= 11 is 5.57. The summed E-state index contributed by atoms with van der Waals surface area (Å²) in [5.74, 6) is -3.19. The van der Waals surface area contributed by atoms with Gasteiger partial charge in [0, 0.05) is 18.7 Å². The fourth-order valence-electron chi connectivity index (χ4n) is 1.64. The molecule has 0 atom stereocenters. The fraction of sp³-hybridized carbons (Fsp3) is 0.400. The predicted octanol–water partition coefficient (Wildman–Crippen LogP) is 3.32. The number of nitrogens with zero attached hydrogens (tertiary/aromatic N) is 1. The summed E-state index contributed by atoms with van der Waals surface area (Å²) in [5.41, 5.74) is 0.540. The zero-order chi connectivity index (χ0) is 11.1. The van der Waals surface area contributed by atoms with Gasteiger partial charge in [-0.3, -0.25) is 0 Å². The Morgan fingerprint density at radius 2 is 2.07 bits per heavy atom. The van der Waals surface area contributed by atoms with Crippen LogP contribution < -0.4 is 4.90 Å². The van der Waals surface area contributed by atoms with Crippen LogP contribution in [0.25, 0.3) is 0 Å². The third kappa shape index (κ3) is 2.20. The normalized spacial score (nSPS) is 19.6. The summed E-state index contributed by atoms with van der Waals surface area (Å²) in [7, 11) is 0. The highest BCUT2D eigenvalue weighted by atomic mass is 35.5. The molecule has 82 valence electrons. The third-order valence-corrected chi connectivity index (χ3v) is 2.73. The first-order valence-corrected chi connectivity index (χ1v) is 4.94. The molecular formula is C10H9ClF3N. The lowest BCUT2D eigenvalue weighted by atomic mass is 10.3. The average molecular weight is 236 g/mol. The smallest absolute Gasteiger partial charge is 0.266 e. The minimum atomic E-state index is -2.65. The maximum Gasteiger partial charge on any atom is 0.266 e. The fourth-order valence-corrected chi connectivity index (χ4v) is 1.81. The Morgan fingerprint density at radius 1 is 1.33 bits per heavy atom. The van der Waals surface area contributed by atoms with Crippen molar-refractivity contribution in [3.05, 3.63) is 29.0 Å². The van der Waals surface area contributed by atoms with E-state index in [9.17, 15) is 13.2 Å². The molecular weight excluding hydrogens is 227 g/mol. The molecule has 1 nitrogen and oxygen atoms in total. The molecule has 0 spiro atoms. The maximum absolute atomic E-state index is 12.9. The number of halogens is 4. The Kier molecular flexibility index (Phi) is 2.54. The van der Waals surface area contributed by atoms with Crippen LogP contribution in [-0.2, 0) is 0 Å². The Balaban J connectivity index is 2.21. The van der Waals surface area contributed by atoms with E-state index in [2.05, 4.69) is 0 Å². The van der Waals surface area contributed by atoms with Crippen molar-refractivity contribution in [3.8, 4) is 0 Å². The highest BCUT2D eigenvalue weighted by Gasteiger charge is 2.38. The van der Waals surface area contributed by atoms with Gasteiger partial charge in [0.1, 0.15) is 5.82 Å². The molecule has 1 aromatic carbocycles. The number of hydrogen-bond acceptors (Lipinski definition) is 1. The van der Waals surface area contributed by atoms with E-state index in [1.807, 2.05) is 0 Å². The van der Waals surface area contributed by atoms with Gasteiger partial charge in [0.2, 0.25) is 0 Å². The van der Waals surface area contributed by atoms with Crippen LogP contribution in [0.2, 0.25) is 5.02 Å². The molecule has 0 aromatic heterocycles. The summed E-state index contributed by atoms with van der Waals surface area (Å²) in [6.45, 7) is -0.0517. The van der Waals surface area contributed by atoms with Crippen LogP contribution in [0.4, 0.5) is 18.9 Å². The van der Waals surface area contributed by atoms with E-state index >= 15 is 0 Å². The lowest BCUT2D eigenvalue weighted by Crippen LogP contribution is -2.24. The third-order valence-electron chi connectivity index (χ3n) is 2.44. The Labute approximate surface area is 90.4 Å². The zero-order valence-electron chi connectivity index (χ0n) is 7.81. The monoisotopic (exact) mass is 235 g/mol. The van der Waals surface area contributed by atoms with Crippen LogP contribution in [0.5, 0.6) is 0 Å². The molecule has 1 aromatic rings. The number of rotatable bonds is 1. The quantitative estimate of drug-likeness (QED) is 0.722. The topological polar surface area (TPSA) is 3.24 Å². The summed E-state index contributed by atoms with van der Waals surface area (Å²) < 4.78 is 38.7. The van der Waals surface area contributed by atoms with Gasteiger partial charge in [0.25, 0.3) is 5.92 Å². The minimum absolute atomic E-state index is 0.0392. The molecule has 0 amide bonds. The van der Waals surface area contributed by atoms with E-state index in [-0.39, 0.29) is 24.5 Å². The summed E-state index contributed by atoms with van der Waals surface area (Å²) in [6.07, 6.45) is -0.165. The van der Waals surface area contributed by atoms with Gasteiger partial charge >= 0.3 is 0 Å². The predicted molar refractivity (Wildman–Crippen MR) is 53.2 cm³/mol. The van der Waals surface area contributed by atoms with Crippen molar-refractivity contribution in [1.29, 1.82) is 0 Å². The molecule has 5 heteroatoms. The molecule has 2 rings (SSSR count). The Morgan fingerprint density at radius 3 is 2.60 bits per heavy atom. The first-order chi connectivity index (χ1) is 6.98. The first-order valence-electron chi connectivity index (χ1n) is 4.56. The molecule has 0 N–H and O–H groups in total. The summed E-state index contributed by atoms with van der Waals surface area (Å²) in [5, 5.41) is -0.0392. The van der Waals surface area contributed by atoms with E-state index in [0.29, 0.717) is 5.69 Å². The van der Waals surface area contributed by atoms with Crippen LogP contribution in [0, 0.1) is 5.82 Å². The molecule has 0 unspecified atom stereocenters. The highest BCUT2D eigenvalue weighted by molar-refractivity contribution is 6.31. The maximum atomic E-state index is 12.9. The van der Waals surface area contributed by atoms with Crippen LogP contribution in [-0.4, -0.2) is 19.0 Å². The molecule has 15 heavy (non-hydrogen) atoms. The molecule has 1 aliphatic heterocycles. The van der Waals surface area contributed by atoms with E-state index < -0.39 is 11.7 Å². The van der Waals surface area contributed by atoms with Gasteiger partial charge in [-0.25, -0.2) is 13.2 Å². The van der Waals surface area contributed by atoms with Gasteiger partial charge in [-0.05, 0) is 18.2 Å². The van der Waals surface area contributed by atoms with Crippen molar-refractivity contribution < 1.29 is 13.2 Å². The van der Waals surface area contributed by atoms with Crippen LogP contribution in [0.1, 0.15) is 6.42 Å². The van der Waals surface area contributed by atoms with Crippen molar-refractivity contribution in [2.24, 2.45) is 0 Å². The van der Waals surface area contributed by atoms with Gasteiger partial charge in [-0.15, -0.1) is 0 Å². The Bertz CT molecular complexity index is 381. The number of hydrogen-bond donors (Lipinski definition) is 0. The van der Waals surface area contributed by atoms with Crippen molar-refractivity contribution >= 4 is 17.3 Å². The highest BCUT2D eigenvalue weighted by Crippen LogP contribution is 2.32. The molecule has 0 aliphatic carbocycles. The Hall–Kier alpha value is -0.900. The second-order valence-corrected chi connectivity index (χ2v) is 4.03. The van der Waals surface area contributed by atoms with E-state index in [0.717, 1.165) is 0 Å². The van der Waals surface area contributed by atoms with Crippen LogP contribution in [0.15, 0.2) is 18.2 Å². The minimum Gasteiger partial charge on any atom is -0.365 e. The van der Waals surface area contributed by atoms with Gasteiger partial charge in [-0.1, -0.05) is 11.6 Å². The van der Waals surface area contributed by atoms with Crippen molar-refractivity contribution in [2.45, 2.75) is 12.3 Å². The zero-order valence-corrected chi connectivity index (χ0v) is 8.57. The number of anilines is 1. The van der Waals surface area contributed by atoms with Gasteiger partial charge in [0.05, 0.1) is 11.6 Å². The van der Waals surface area contributed by atoms with Crippen LogP contribution >= 0.6 is 11.6 Å². The molecule has 1 aliphatic rings. The second-order valence-electron chi connectivity index (χ2n) is 3.63. The largest absolute Gasteiger partial charge is 0.365 e. The second kappa shape index (κ2) is 3.59. The van der Waals surface area contributed by atoms with Gasteiger partial charge in [0.15, 0.2) is 0 Å². The van der Waals surface area contributed by atoms with Crippen molar-refractivity contribution in [1.82, 2.24) is 0 Å². The van der Waals surface area contributed by atoms with E-state index in [4.69, 9.17) is 11.6 Å². The molecule has 1 heterocycles. The van der Waals surface area contributed by atoms with E-state index in [1.54, 1.807) is 0 Å².